The Bertz CT molecular complexity index is 5650. The Hall–Kier alpha value is -12.8. The summed E-state index contributed by atoms with van der Waals surface area (Å²) in [7, 11) is 0. The van der Waals surface area contributed by atoms with E-state index in [-0.39, 0.29) is 11.6 Å². The van der Waals surface area contributed by atoms with E-state index in [1.165, 1.54) is 37.1 Å². The van der Waals surface area contributed by atoms with E-state index in [9.17, 15) is 13.9 Å². The highest BCUT2D eigenvalue weighted by atomic mass is 19.1. The zero-order chi connectivity index (χ0) is 74.0. The van der Waals surface area contributed by atoms with Crippen LogP contribution in [0.1, 0.15) is 77.2 Å². The van der Waals surface area contributed by atoms with Gasteiger partial charge in [-0.3, -0.25) is 0 Å². The number of rotatable bonds is 16. The highest BCUT2D eigenvalue weighted by Gasteiger charge is 2.24. The molecule has 0 atom stereocenters. The summed E-state index contributed by atoms with van der Waals surface area (Å²) in [6, 6.07) is 63.6. The second-order valence-electron chi connectivity index (χ2n) is 27.4. The number of aliphatic hydroxyl groups is 1. The Morgan fingerprint density at radius 3 is 1.18 bits per heavy atom. The van der Waals surface area contributed by atoms with Crippen molar-refractivity contribution in [3.8, 4) is 56.9 Å². The summed E-state index contributed by atoms with van der Waals surface area (Å²) < 4.78 is 26.9. The van der Waals surface area contributed by atoms with Crippen LogP contribution in [0.15, 0.2) is 206 Å². The molecule has 23 heteroatoms. The number of hydrogen-bond acceptors (Lipinski definition) is 16. The first-order chi connectivity index (χ1) is 51.2. The molecule has 0 radical (unpaired) electrons. The molecule has 0 aliphatic heterocycles. The second kappa shape index (κ2) is 31.9. The van der Waals surface area contributed by atoms with Gasteiger partial charge in [-0.2, -0.15) is 0 Å². The van der Waals surface area contributed by atoms with E-state index in [1.54, 1.807) is 32.0 Å². The predicted molar refractivity (Wildman–Crippen MR) is 424 cm³/mol. The van der Waals surface area contributed by atoms with E-state index in [2.05, 4.69) is 135 Å². The maximum Gasteiger partial charge on any atom is 0.164 e. The molecule has 0 amide bonds. The molecule has 16 aromatic rings. The minimum absolute atomic E-state index is 0.282. The van der Waals surface area contributed by atoms with Crippen molar-refractivity contribution in [3.05, 3.63) is 241 Å². The standard InChI is InChI=1S/C19H15FN4.C17H20N4O.C16H15FN4.C16H18N4.C15H16N4/c1-12-10-16-18(21-12)23-17(13-6-3-2-4-7-13)24-19(16)22-15-9-5-8-14(20)11-15;1-11-9-13-15(18-10-17(2,3)22)20-14(21-16(13)19-11)12-7-5-4-6-8-12;1-9-7-13-15(18-9)20-14(10-3-2-4-11(17)8-10)21-16(13)19-12-5-6-12;1-10(2)17-15-13-9-11(3)18-16(13)20-14(19-15)12-7-5-4-6-8-12;1-10(2)17-15-12-8-9-16-14(12)18-13(19-15)11-6-4-3-5-7-11/h2-11H,1H3,(H2,21,22,23,24);4-9,22H,10H2,1-3H3,(H2,18,19,20,21);2-4,7-8,12H,5-6H2,1H3,(H2,18,19,20,21);4-10H,1-3H3,(H2,17,18,19,20);3-10H,1-2H3,(H2,16,17,18,19). The molecule has 0 spiro atoms. The van der Waals surface area contributed by atoms with Gasteiger partial charge in [0, 0.05) is 87.1 Å². The third-order valence-electron chi connectivity index (χ3n) is 16.7. The highest BCUT2D eigenvalue weighted by Crippen LogP contribution is 2.34. The van der Waals surface area contributed by atoms with Crippen LogP contribution in [0.4, 0.5) is 43.6 Å². The Kier molecular flexibility index (Phi) is 21.5. The lowest BCUT2D eigenvalue weighted by molar-refractivity contribution is 0.0944. The summed E-state index contributed by atoms with van der Waals surface area (Å²) in [4.78, 5) is 62.3. The molecule has 1 aliphatic carbocycles. The molecule has 1 aliphatic rings. The van der Waals surface area contributed by atoms with Crippen LogP contribution in [0.5, 0.6) is 0 Å². The molecule has 536 valence electrons. The van der Waals surface area contributed by atoms with Crippen LogP contribution in [0.2, 0.25) is 0 Å². The highest BCUT2D eigenvalue weighted by molar-refractivity contribution is 5.94. The van der Waals surface area contributed by atoms with Gasteiger partial charge in [0.25, 0.3) is 0 Å². The topological polar surface area (TPSA) is 288 Å². The molecule has 11 N–H and O–H groups in total. The van der Waals surface area contributed by atoms with Gasteiger partial charge in [-0.15, -0.1) is 0 Å². The zero-order valence-electron chi connectivity index (χ0n) is 60.7. The number of aromatic amines is 5. The molecular formula is C83H84F2N20O. The summed E-state index contributed by atoms with van der Waals surface area (Å²) >= 11 is 0. The van der Waals surface area contributed by atoms with Gasteiger partial charge in [-0.25, -0.2) is 58.6 Å². The SMILES string of the molecule is CC(C)Nc1nc(-c2ccccc2)nc2[nH]ccc12.Cc1cc2c(NC(C)C)nc(-c3ccccc3)nc2[nH]1.Cc1cc2c(NC3CC3)nc(-c3cccc(F)c3)nc2[nH]1.Cc1cc2c(NCC(C)(C)O)nc(-c3ccccc3)nc2[nH]1.Cc1cc2c(Nc3cccc(F)c3)nc(-c3ccccc3)nc2[nH]1. The first kappa shape index (κ1) is 71.6. The number of benzene rings is 6. The molecule has 1 fully saturated rings. The summed E-state index contributed by atoms with van der Waals surface area (Å²) in [6.07, 6.45) is 4.23. The van der Waals surface area contributed by atoms with E-state index < -0.39 is 5.60 Å². The quantitative estimate of drug-likeness (QED) is 0.0429. The maximum atomic E-state index is 13.5. The molecule has 0 unspecified atom stereocenters. The van der Waals surface area contributed by atoms with Crippen molar-refractivity contribution in [2.75, 3.05) is 33.1 Å². The first-order valence-corrected chi connectivity index (χ1v) is 35.3. The van der Waals surface area contributed by atoms with Gasteiger partial charge >= 0.3 is 0 Å². The Labute approximate surface area is 612 Å². The lowest BCUT2D eigenvalue weighted by Crippen LogP contribution is -2.29. The minimum Gasteiger partial charge on any atom is -0.389 e. The molecular weight excluding hydrogens is 1330 g/mol. The zero-order valence-corrected chi connectivity index (χ0v) is 60.7. The third-order valence-corrected chi connectivity index (χ3v) is 16.7. The lowest BCUT2D eigenvalue weighted by atomic mass is 10.1. The average Bonchev–Trinajstić information content (AvgIpc) is 1.64. The number of H-pyrrole nitrogens is 5. The summed E-state index contributed by atoms with van der Waals surface area (Å²) in [5.74, 6) is 6.67. The van der Waals surface area contributed by atoms with Gasteiger partial charge < -0.3 is 56.6 Å². The summed E-state index contributed by atoms with van der Waals surface area (Å²) in [6.45, 7) is 20.3. The smallest absolute Gasteiger partial charge is 0.164 e. The van der Waals surface area contributed by atoms with Crippen molar-refractivity contribution in [1.82, 2.24) is 74.8 Å². The monoisotopic (exact) mass is 1410 g/mol. The number of nitrogens with zero attached hydrogens (tertiary/aromatic N) is 10. The number of aryl methyl sites for hydroxylation is 4. The molecule has 17 rings (SSSR count). The Morgan fingerprint density at radius 1 is 0.396 bits per heavy atom. The van der Waals surface area contributed by atoms with Crippen molar-refractivity contribution < 1.29 is 13.9 Å². The van der Waals surface area contributed by atoms with Crippen molar-refractivity contribution in [1.29, 1.82) is 0 Å². The van der Waals surface area contributed by atoms with Crippen molar-refractivity contribution in [3.63, 3.8) is 0 Å². The fraction of sp³-hybridized carbons (Fsp3) is 0.205. The van der Waals surface area contributed by atoms with Crippen molar-refractivity contribution in [2.24, 2.45) is 0 Å². The molecule has 0 saturated heterocycles. The molecule has 6 aromatic carbocycles. The molecule has 106 heavy (non-hydrogen) atoms. The van der Waals surface area contributed by atoms with E-state index in [4.69, 9.17) is 0 Å². The van der Waals surface area contributed by atoms with Gasteiger partial charge in [0.05, 0.1) is 32.5 Å². The fourth-order valence-electron chi connectivity index (χ4n) is 11.7. The van der Waals surface area contributed by atoms with Crippen molar-refractivity contribution in [2.45, 2.75) is 106 Å². The molecule has 0 bridgehead atoms. The van der Waals surface area contributed by atoms with Crippen LogP contribution in [-0.2, 0) is 0 Å². The number of anilines is 6. The molecule has 10 aromatic heterocycles. The van der Waals surface area contributed by atoms with Crippen LogP contribution in [0.25, 0.3) is 112 Å². The maximum absolute atomic E-state index is 13.5. The summed E-state index contributed by atoms with van der Waals surface area (Å²) in [5, 5.41) is 31.4. The van der Waals surface area contributed by atoms with E-state index in [1.807, 2.05) is 186 Å². The second-order valence-corrected chi connectivity index (χ2v) is 27.4. The third kappa shape index (κ3) is 18.2. The molecule has 10 heterocycles. The summed E-state index contributed by atoms with van der Waals surface area (Å²) in [5.41, 5.74) is 12.7. The Balaban J connectivity index is 0.000000118. The van der Waals surface area contributed by atoms with E-state index in [0.717, 1.165) is 135 Å². The number of halogens is 2. The van der Waals surface area contributed by atoms with E-state index >= 15 is 0 Å². The largest absolute Gasteiger partial charge is 0.389 e. The minimum atomic E-state index is -0.810. The van der Waals surface area contributed by atoms with Crippen LogP contribution in [0.3, 0.4) is 0 Å². The van der Waals surface area contributed by atoms with Gasteiger partial charge in [0.1, 0.15) is 69.0 Å². The van der Waals surface area contributed by atoms with Crippen LogP contribution >= 0.6 is 0 Å². The van der Waals surface area contributed by atoms with E-state index in [0.29, 0.717) is 59.2 Å². The molecule has 21 nitrogen and oxygen atoms in total. The van der Waals surface area contributed by atoms with Gasteiger partial charge in [0.2, 0.25) is 0 Å². The first-order valence-electron chi connectivity index (χ1n) is 35.3. The fourth-order valence-corrected chi connectivity index (χ4v) is 11.7. The average molecular weight is 1420 g/mol. The van der Waals surface area contributed by atoms with Crippen LogP contribution in [-0.4, -0.2) is 110 Å². The number of fused-ring (bicyclic) bond motifs is 5. The van der Waals surface area contributed by atoms with Crippen LogP contribution in [0, 0.1) is 39.3 Å². The lowest BCUT2D eigenvalue weighted by Gasteiger charge is -2.18. The van der Waals surface area contributed by atoms with Gasteiger partial charge in [-0.1, -0.05) is 140 Å². The van der Waals surface area contributed by atoms with Gasteiger partial charge in [0.15, 0.2) is 29.1 Å². The number of nitrogens with one attached hydrogen (secondary N) is 10. The number of aromatic nitrogens is 15. The normalized spacial score (nSPS) is 11.9. The van der Waals surface area contributed by atoms with Crippen molar-refractivity contribution >= 4 is 89.9 Å². The Morgan fingerprint density at radius 2 is 0.755 bits per heavy atom. The number of hydrogen-bond donors (Lipinski definition) is 11. The van der Waals surface area contributed by atoms with Crippen LogP contribution < -0.4 is 26.6 Å². The van der Waals surface area contributed by atoms with Gasteiger partial charge in [-0.05, 0) is 143 Å². The predicted octanol–water partition coefficient (Wildman–Crippen LogP) is 18.8. The molecule has 1 saturated carbocycles.